The number of aliphatic hydroxyl groups is 1. The maximum Gasteiger partial charge on any atom is 0.209 e. The highest BCUT2D eigenvalue weighted by Crippen LogP contribution is 2.39. The van der Waals surface area contributed by atoms with Crippen molar-refractivity contribution >= 4 is 11.5 Å². The van der Waals surface area contributed by atoms with E-state index in [9.17, 15) is 10.4 Å². The zero-order chi connectivity index (χ0) is 15.5. The van der Waals surface area contributed by atoms with Crippen LogP contribution >= 0.6 is 0 Å². The van der Waals surface area contributed by atoms with Crippen LogP contribution in [-0.4, -0.2) is 5.11 Å². The third-order valence-corrected chi connectivity index (χ3v) is 3.48. The molecule has 22 heavy (non-hydrogen) atoms. The quantitative estimate of drug-likeness (QED) is 0.868. The Labute approximate surface area is 128 Å². The highest BCUT2D eigenvalue weighted by atomic mass is 16.4. The van der Waals surface area contributed by atoms with E-state index in [1.165, 1.54) is 0 Å². The zero-order valence-corrected chi connectivity index (χ0v) is 11.8. The van der Waals surface area contributed by atoms with Gasteiger partial charge in [-0.25, -0.2) is 0 Å². The number of nitrogens with zero attached hydrogens (tertiary/aromatic N) is 1. The number of nitrogen functional groups attached to an aromatic ring is 1. The van der Waals surface area contributed by atoms with Crippen molar-refractivity contribution < 1.29 is 9.52 Å². The van der Waals surface area contributed by atoms with Crippen LogP contribution < -0.4 is 5.73 Å². The molecule has 3 N–H and O–H groups in total. The second-order valence-electron chi connectivity index (χ2n) is 4.91. The van der Waals surface area contributed by atoms with Crippen molar-refractivity contribution in [3.8, 4) is 17.2 Å². The fraction of sp³-hybridized carbons (Fsp3) is 0.0556. The lowest BCUT2D eigenvalue weighted by Crippen LogP contribution is -1.88. The Morgan fingerprint density at radius 2 is 1.95 bits per heavy atom. The Kier molecular flexibility index (Phi) is 3.55. The molecule has 1 aromatic carbocycles. The normalized spacial score (nSPS) is 14.0. The summed E-state index contributed by atoms with van der Waals surface area (Å²) < 4.78 is 5.66. The monoisotopic (exact) mass is 290 g/mol. The van der Waals surface area contributed by atoms with E-state index in [2.05, 4.69) is 6.07 Å². The molecule has 4 heteroatoms. The molecule has 0 saturated carbocycles. The van der Waals surface area contributed by atoms with Crippen molar-refractivity contribution in [2.45, 2.75) is 6.42 Å². The van der Waals surface area contributed by atoms with E-state index in [0.29, 0.717) is 23.3 Å². The molecule has 4 nitrogen and oxygen atoms in total. The Morgan fingerprint density at radius 3 is 2.68 bits per heavy atom. The van der Waals surface area contributed by atoms with Crippen molar-refractivity contribution in [2.24, 2.45) is 0 Å². The summed E-state index contributed by atoms with van der Waals surface area (Å²) in [5.74, 6) is 0.853. The number of nitriles is 1. The van der Waals surface area contributed by atoms with Crippen LogP contribution in [0.15, 0.2) is 64.8 Å². The van der Waals surface area contributed by atoms with Crippen LogP contribution in [0, 0.1) is 11.3 Å². The van der Waals surface area contributed by atoms with Gasteiger partial charge < -0.3 is 15.3 Å². The lowest BCUT2D eigenvalue weighted by Gasteiger charge is -2.05. The summed E-state index contributed by atoms with van der Waals surface area (Å²) in [7, 11) is 0. The van der Waals surface area contributed by atoms with Crippen LogP contribution in [-0.2, 0) is 0 Å². The molecular weight excluding hydrogens is 276 g/mol. The van der Waals surface area contributed by atoms with Crippen molar-refractivity contribution in [3.63, 3.8) is 0 Å². The second-order valence-corrected chi connectivity index (χ2v) is 4.91. The zero-order valence-electron chi connectivity index (χ0n) is 11.8. The van der Waals surface area contributed by atoms with Crippen molar-refractivity contribution in [1.29, 1.82) is 5.26 Å². The van der Waals surface area contributed by atoms with Gasteiger partial charge in [-0.05, 0) is 29.7 Å². The molecule has 0 atom stereocenters. The predicted molar refractivity (Wildman–Crippen MR) is 85.7 cm³/mol. The van der Waals surface area contributed by atoms with E-state index in [0.717, 1.165) is 11.1 Å². The first-order chi connectivity index (χ1) is 10.7. The molecule has 1 aliphatic rings. The van der Waals surface area contributed by atoms with E-state index in [4.69, 9.17) is 10.2 Å². The average Bonchev–Trinajstić information content (AvgIpc) is 2.71. The second kappa shape index (κ2) is 5.66. The van der Waals surface area contributed by atoms with Crippen LogP contribution in [0.5, 0.6) is 0 Å². The summed E-state index contributed by atoms with van der Waals surface area (Å²) in [6, 6.07) is 11.6. The largest absolute Gasteiger partial charge is 0.508 e. The molecule has 0 unspecified atom stereocenters. The third-order valence-electron chi connectivity index (χ3n) is 3.48. The van der Waals surface area contributed by atoms with Gasteiger partial charge >= 0.3 is 0 Å². The average molecular weight is 290 g/mol. The number of aliphatic hydroxyl groups excluding tert-OH is 1. The number of furan rings is 1. The van der Waals surface area contributed by atoms with Gasteiger partial charge in [0.15, 0.2) is 0 Å². The smallest absolute Gasteiger partial charge is 0.209 e. The minimum absolute atomic E-state index is 0.110. The first-order valence-corrected chi connectivity index (χ1v) is 6.85. The predicted octanol–water partition coefficient (Wildman–Crippen LogP) is 4.19. The van der Waals surface area contributed by atoms with Gasteiger partial charge in [-0.15, -0.1) is 0 Å². The van der Waals surface area contributed by atoms with E-state index < -0.39 is 0 Å². The molecule has 0 saturated heterocycles. The molecule has 1 heterocycles. The van der Waals surface area contributed by atoms with E-state index in [1.807, 2.05) is 36.4 Å². The third kappa shape index (κ3) is 2.40. The lowest BCUT2D eigenvalue weighted by molar-refractivity contribution is 0.432. The molecule has 108 valence electrons. The molecule has 1 aromatic heterocycles. The van der Waals surface area contributed by atoms with Crippen LogP contribution in [0.1, 0.15) is 17.7 Å². The first kappa shape index (κ1) is 13.8. The Bertz CT molecular complexity index is 834. The molecule has 0 fully saturated rings. The Morgan fingerprint density at radius 1 is 1.18 bits per heavy atom. The van der Waals surface area contributed by atoms with Gasteiger partial charge in [0, 0.05) is 5.56 Å². The summed E-state index contributed by atoms with van der Waals surface area (Å²) in [5, 5.41) is 19.0. The van der Waals surface area contributed by atoms with Crippen LogP contribution in [0.25, 0.3) is 16.7 Å². The maximum absolute atomic E-state index is 9.57. The number of anilines is 1. The van der Waals surface area contributed by atoms with Gasteiger partial charge in [-0.1, -0.05) is 42.5 Å². The van der Waals surface area contributed by atoms with Gasteiger partial charge in [0.1, 0.15) is 23.2 Å². The topological polar surface area (TPSA) is 83.2 Å². The lowest BCUT2D eigenvalue weighted by atomic mass is 9.97. The summed E-state index contributed by atoms with van der Waals surface area (Å²) in [6.07, 6.45) is 7.42. The van der Waals surface area contributed by atoms with Gasteiger partial charge in [0.25, 0.3) is 0 Å². The molecule has 2 aromatic rings. The number of rotatable bonds is 2. The van der Waals surface area contributed by atoms with Crippen LogP contribution in [0.4, 0.5) is 5.88 Å². The number of nitrogens with two attached hydrogens (primary N) is 1. The number of allylic oxidation sites excluding steroid dienone is 5. The minimum Gasteiger partial charge on any atom is -0.508 e. The van der Waals surface area contributed by atoms with E-state index >= 15 is 0 Å². The van der Waals surface area contributed by atoms with Gasteiger partial charge in [-0.3, -0.25) is 0 Å². The number of hydrogen-bond donors (Lipinski definition) is 2. The van der Waals surface area contributed by atoms with Crippen molar-refractivity contribution in [1.82, 2.24) is 0 Å². The standard InChI is InChI=1S/C18H14N2O2/c19-11-15-16(12-5-2-1-3-6-12)17(22-18(15)20)13-7-4-8-14(21)10-9-13/h1-6,8-10,21H,7,20H2. The summed E-state index contributed by atoms with van der Waals surface area (Å²) in [4.78, 5) is 0. The SMILES string of the molecule is N#Cc1c(N)oc(C2=CC=C(O)C=CC2)c1-c1ccccc1. The van der Waals surface area contributed by atoms with Crippen molar-refractivity contribution in [3.05, 3.63) is 71.7 Å². The highest BCUT2D eigenvalue weighted by Gasteiger charge is 2.22. The van der Waals surface area contributed by atoms with Gasteiger partial charge in [0.2, 0.25) is 5.88 Å². The molecule has 0 spiro atoms. The van der Waals surface area contributed by atoms with Crippen molar-refractivity contribution in [2.75, 3.05) is 5.73 Å². The summed E-state index contributed by atoms with van der Waals surface area (Å²) >= 11 is 0. The molecule has 0 bridgehead atoms. The fourth-order valence-corrected chi connectivity index (χ4v) is 2.45. The molecule has 1 aliphatic carbocycles. The highest BCUT2D eigenvalue weighted by molar-refractivity contribution is 5.86. The Hall–Kier alpha value is -3.19. The molecular formula is C18H14N2O2. The molecule has 0 radical (unpaired) electrons. The molecule has 0 aliphatic heterocycles. The van der Waals surface area contributed by atoms with Crippen LogP contribution in [0.3, 0.4) is 0 Å². The van der Waals surface area contributed by atoms with Crippen LogP contribution in [0.2, 0.25) is 0 Å². The molecule has 3 rings (SSSR count). The number of hydrogen-bond acceptors (Lipinski definition) is 4. The number of benzene rings is 1. The summed E-state index contributed by atoms with van der Waals surface area (Å²) in [5.41, 5.74) is 8.62. The summed E-state index contributed by atoms with van der Waals surface area (Å²) in [6.45, 7) is 0. The minimum atomic E-state index is 0.110. The Balaban J connectivity index is 2.22. The van der Waals surface area contributed by atoms with Gasteiger partial charge in [-0.2, -0.15) is 5.26 Å². The maximum atomic E-state index is 9.57. The van der Waals surface area contributed by atoms with E-state index in [1.54, 1.807) is 18.2 Å². The first-order valence-electron chi connectivity index (χ1n) is 6.85. The van der Waals surface area contributed by atoms with Gasteiger partial charge in [0.05, 0.1) is 0 Å². The molecule has 0 amide bonds. The fourth-order valence-electron chi connectivity index (χ4n) is 2.45. The van der Waals surface area contributed by atoms with E-state index in [-0.39, 0.29) is 11.6 Å².